The van der Waals surface area contributed by atoms with Gasteiger partial charge in [0.1, 0.15) is 5.76 Å². The monoisotopic (exact) mass is 110 g/mol. The average molecular weight is 110 g/mol. The molecule has 42 valence electrons. The molecular formula is C5H6N2O. The van der Waals surface area contributed by atoms with Crippen molar-refractivity contribution in [2.45, 2.75) is 6.42 Å². The molecular weight excluding hydrogens is 104 g/mol. The van der Waals surface area contributed by atoms with Crippen LogP contribution in [0, 0.1) is 5.41 Å². The van der Waals surface area contributed by atoms with Crippen molar-refractivity contribution in [1.29, 1.82) is 5.41 Å². The fourth-order valence-corrected chi connectivity index (χ4v) is 0.461. The lowest BCUT2D eigenvalue weighted by molar-refractivity contribution is 0.245. The minimum absolute atomic E-state index is 0.718. The van der Waals surface area contributed by atoms with Crippen LogP contribution in [0.4, 0.5) is 0 Å². The Kier molecular flexibility index (Phi) is 1.42. The normalized spacial score (nSPS) is 21.2. The maximum atomic E-state index is 6.63. The molecule has 1 N–H and O–H groups in total. The van der Waals surface area contributed by atoms with Gasteiger partial charge in [0.15, 0.2) is 0 Å². The zero-order valence-corrected chi connectivity index (χ0v) is 4.29. The summed E-state index contributed by atoms with van der Waals surface area (Å²) >= 11 is 0. The minimum atomic E-state index is 0.718. The van der Waals surface area contributed by atoms with Crippen LogP contribution in [0.1, 0.15) is 6.42 Å². The third kappa shape index (κ3) is 0.932. The van der Waals surface area contributed by atoms with Crippen LogP contribution in [0.3, 0.4) is 0 Å². The van der Waals surface area contributed by atoms with E-state index in [9.17, 15) is 0 Å². The van der Waals surface area contributed by atoms with Crippen molar-refractivity contribution in [2.24, 2.45) is 5.16 Å². The largest absolute Gasteiger partial charge is 0.361 e. The number of rotatable bonds is 1. The summed E-state index contributed by atoms with van der Waals surface area (Å²) in [5.74, 6) is 0.736. The van der Waals surface area contributed by atoms with Crippen molar-refractivity contribution in [3.63, 3.8) is 0 Å². The van der Waals surface area contributed by atoms with E-state index in [0.717, 1.165) is 12.2 Å². The second-order valence-electron chi connectivity index (χ2n) is 1.38. The maximum Gasteiger partial charge on any atom is 0.141 e. The van der Waals surface area contributed by atoms with Crippen molar-refractivity contribution >= 4 is 12.4 Å². The molecule has 0 aromatic carbocycles. The molecule has 0 spiro atoms. The molecule has 1 rings (SSSR count). The quantitative estimate of drug-likeness (QED) is 0.501. The van der Waals surface area contributed by atoms with Crippen molar-refractivity contribution in [3.8, 4) is 0 Å². The number of allylic oxidation sites excluding steroid dienone is 2. The summed E-state index contributed by atoms with van der Waals surface area (Å²) in [6, 6.07) is 0. The Morgan fingerprint density at radius 1 is 1.88 bits per heavy atom. The van der Waals surface area contributed by atoms with Crippen molar-refractivity contribution < 1.29 is 4.84 Å². The predicted molar refractivity (Wildman–Crippen MR) is 31.1 cm³/mol. The molecule has 0 aromatic rings. The molecule has 0 saturated heterocycles. The summed E-state index contributed by atoms with van der Waals surface area (Å²) in [6.45, 7) is 0. The van der Waals surface area contributed by atoms with Crippen LogP contribution in [0.2, 0.25) is 0 Å². The van der Waals surface area contributed by atoms with Gasteiger partial charge in [0.2, 0.25) is 0 Å². The second kappa shape index (κ2) is 2.26. The van der Waals surface area contributed by atoms with Crippen LogP contribution in [-0.2, 0) is 4.84 Å². The van der Waals surface area contributed by atoms with Gasteiger partial charge < -0.3 is 10.2 Å². The molecule has 1 heterocycles. The number of nitrogens with one attached hydrogen (secondary N) is 1. The number of nitrogens with zero attached hydrogens (tertiary/aromatic N) is 1. The van der Waals surface area contributed by atoms with Crippen LogP contribution in [-0.4, -0.2) is 12.4 Å². The smallest absolute Gasteiger partial charge is 0.141 e. The molecule has 3 nitrogen and oxygen atoms in total. The van der Waals surface area contributed by atoms with E-state index in [4.69, 9.17) is 5.41 Å². The van der Waals surface area contributed by atoms with Gasteiger partial charge in [-0.3, -0.25) is 0 Å². The van der Waals surface area contributed by atoms with Gasteiger partial charge in [0.05, 0.1) is 6.21 Å². The third-order valence-corrected chi connectivity index (χ3v) is 0.806. The van der Waals surface area contributed by atoms with E-state index in [1.165, 1.54) is 6.21 Å². The molecule has 0 bridgehead atoms. The standard InChI is InChI=1S/C5H6N2O/c6-3-1-5-2-4-7-8-5/h1,3-4,6H,2H2/b5-1-,6-3?. The van der Waals surface area contributed by atoms with Gasteiger partial charge in [0.25, 0.3) is 0 Å². The summed E-state index contributed by atoms with van der Waals surface area (Å²) in [5.41, 5.74) is 0. The second-order valence-corrected chi connectivity index (χ2v) is 1.38. The van der Waals surface area contributed by atoms with Gasteiger partial charge in [0, 0.05) is 12.6 Å². The van der Waals surface area contributed by atoms with Gasteiger partial charge in [-0.15, -0.1) is 0 Å². The Bertz CT molecular complexity index is 139. The van der Waals surface area contributed by atoms with Gasteiger partial charge in [-0.05, 0) is 6.08 Å². The first-order valence-electron chi connectivity index (χ1n) is 2.32. The molecule has 0 unspecified atom stereocenters. The van der Waals surface area contributed by atoms with Crippen molar-refractivity contribution in [2.75, 3.05) is 0 Å². The highest BCUT2D eigenvalue weighted by Crippen LogP contribution is 2.06. The van der Waals surface area contributed by atoms with Gasteiger partial charge in [-0.1, -0.05) is 5.16 Å². The lowest BCUT2D eigenvalue weighted by Crippen LogP contribution is -1.76. The zero-order valence-electron chi connectivity index (χ0n) is 4.29. The van der Waals surface area contributed by atoms with Crippen LogP contribution in [0.5, 0.6) is 0 Å². The summed E-state index contributed by atoms with van der Waals surface area (Å²) in [5, 5.41) is 10.1. The molecule has 0 atom stereocenters. The number of hydrogen-bond donors (Lipinski definition) is 1. The minimum Gasteiger partial charge on any atom is -0.361 e. The first-order chi connectivity index (χ1) is 3.93. The first-order valence-corrected chi connectivity index (χ1v) is 2.32. The predicted octanol–water partition coefficient (Wildman–Crippen LogP) is 0.926. The molecule has 1 aliphatic heterocycles. The van der Waals surface area contributed by atoms with Crippen LogP contribution in [0.25, 0.3) is 0 Å². The molecule has 0 saturated carbocycles. The van der Waals surface area contributed by atoms with Gasteiger partial charge in [-0.25, -0.2) is 0 Å². The summed E-state index contributed by atoms with van der Waals surface area (Å²) in [4.78, 5) is 4.67. The molecule has 0 fully saturated rings. The number of oxime groups is 1. The van der Waals surface area contributed by atoms with Gasteiger partial charge >= 0.3 is 0 Å². The zero-order chi connectivity index (χ0) is 5.82. The fraction of sp³-hybridized carbons (Fsp3) is 0.200. The third-order valence-electron chi connectivity index (χ3n) is 0.806. The SMILES string of the molecule is N=C/C=C1/CC=NO1. The van der Waals surface area contributed by atoms with E-state index in [1.54, 1.807) is 12.3 Å². The summed E-state index contributed by atoms with van der Waals surface area (Å²) in [6.07, 6.45) is 5.14. The van der Waals surface area contributed by atoms with E-state index in [2.05, 4.69) is 9.99 Å². The van der Waals surface area contributed by atoms with E-state index in [1.807, 2.05) is 0 Å². The molecule has 8 heavy (non-hydrogen) atoms. The first kappa shape index (κ1) is 5.03. The summed E-state index contributed by atoms with van der Waals surface area (Å²) in [7, 11) is 0. The Labute approximate surface area is 47.2 Å². The lowest BCUT2D eigenvalue weighted by atomic mass is 10.4. The van der Waals surface area contributed by atoms with Gasteiger partial charge in [-0.2, -0.15) is 0 Å². The topological polar surface area (TPSA) is 45.4 Å². The van der Waals surface area contributed by atoms with Crippen LogP contribution < -0.4 is 0 Å². The Balaban J connectivity index is 2.50. The summed E-state index contributed by atoms with van der Waals surface area (Å²) < 4.78 is 0. The highest BCUT2D eigenvalue weighted by Gasteiger charge is 1.99. The fourth-order valence-electron chi connectivity index (χ4n) is 0.461. The Morgan fingerprint density at radius 3 is 3.25 bits per heavy atom. The average Bonchev–Trinajstić information content (AvgIpc) is 2.19. The van der Waals surface area contributed by atoms with E-state index in [-0.39, 0.29) is 0 Å². The maximum absolute atomic E-state index is 6.63. The van der Waals surface area contributed by atoms with E-state index in [0.29, 0.717) is 0 Å². The van der Waals surface area contributed by atoms with E-state index < -0.39 is 0 Å². The van der Waals surface area contributed by atoms with Crippen LogP contribution in [0.15, 0.2) is 17.0 Å². The Hall–Kier alpha value is -1.12. The number of hydrogen-bond acceptors (Lipinski definition) is 3. The van der Waals surface area contributed by atoms with Crippen LogP contribution >= 0.6 is 0 Å². The molecule has 0 aliphatic carbocycles. The highest BCUT2D eigenvalue weighted by molar-refractivity contribution is 5.71. The molecule has 3 heteroatoms. The lowest BCUT2D eigenvalue weighted by Gasteiger charge is -1.86. The molecule has 0 aromatic heterocycles. The molecule has 1 aliphatic rings. The van der Waals surface area contributed by atoms with Crippen molar-refractivity contribution in [1.82, 2.24) is 0 Å². The van der Waals surface area contributed by atoms with E-state index >= 15 is 0 Å². The molecule has 0 amide bonds. The Morgan fingerprint density at radius 2 is 2.75 bits per heavy atom. The van der Waals surface area contributed by atoms with Crippen molar-refractivity contribution in [3.05, 3.63) is 11.8 Å². The molecule has 0 radical (unpaired) electrons. The highest BCUT2D eigenvalue weighted by atomic mass is 16.6.